The number of hydrogen-bond acceptors (Lipinski definition) is 6. The Morgan fingerprint density at radius 3 is 2.56 bits per heavy atom. The Hall–Kier alpha value is -2.85. The molecule has 32 heavy (non-hydrogen) atoms. The monoisotopic (exact) mass is 465 g/mol. The molecule has 2 N–H and O–H groups in total. The van der Waals surface area contributed by atoms with Crippen LogP contribution in [0.4, 0.5) is 10.5 Å². The number of hydrogen-bond donors (Lipinski definition) is 2. The van der Waals surface area contributed by atoms with Crippen LogP contribution >= 0.6 is 11.6 Å². The van der Waals surface area contributed by atoms with Gasteiger partial charge in [0.15, 0.2) is 0 Å². The summed E-state index contributed by atoms with van der Waals surface area (Å²) in [5.41, 5.74) is 0.452. The number of piperazine rings is 2. The van der Waals surface area contributed by atoms with Gasteiger partial charge in [-0.3, -0.25) is 19.3 Å². The number of benzene rings is 1. The molecule has 174 valence electrons. The molecule has 10 nitrogen and oxygen atoms in total. The van der Waals surface area contributed by atoms with Gasteiger partial charge in [-0.25, -0.2) is 4.79 Å². The fraction of sp³-hybridized carbons (Fsp3) is 0.524. The van der Waals surface area contributed by atoms with Crippen molar-refractivity contribution >= 4 is 41.1 Å². The van der Waals surface area contributed by atoms with Gasteiger partial charge in [-0.1, -0.05) is 23.7 Å². The van der Waals surface area contributed by atoms with E-state index in [2.05, 4.69) is 10.6 Å². The molecule has 2 heterocycles. The molecule has 1 unspecified atom stereocenters. The van der Waals surface area contributed by atoms with Crippen molar-refractivity contribution in [3.63, 3.8) is 0 Å². The van der Waals surface area contributed by atoms with E-state index in [0.29, 0.717) is 56.6 Å². The van der Waals surface area contributed by atoms with Gasteiger partial charge < -0.3 is 25.2 Å². The van der Waals surface area contributed by atoms with Crippen LogP contribution in [0.5, 0.6) is 0 Å². The van der Waals surface area contributed by atoms with Crippen molar-refractivity contribution < 1.29 is 23.9 Å². The Balaban J connectivity index is 1.56. The van der Waals surface area contributed by atoms with Crippen molar-refractivity contribution in [2.45, 2.75) is 19.4 Å². The molecule has 1 atom stereocenters. The number of nitrogens with one attached hydrogen (secondary N) is 2. The van der Waals surface area contributed by atoms with Crippen LogP contribution in [0.3, 0.4) is 0 Å². The van der Waals surface area contributed by atoms with Gasteiger partial charge in [-0.05, 0) is 19.1 Å². The second kappa shape index (κ2) is 11.1. The number of anilines is 1. The number of halogens is 1. The third-order valence-corrected chi connectivity index (χ3v) is 5.76. The quantitative estimate of drug-likeness (QED) is 0.642. The molecular formula is C21H28ClN5O5. The van der Waals surface area contributed by atoms with Gasteiger partial charge in [0, 0.05) is 39.3 Å². The molecule has 2 aliphatic heterocycles. The fourth-order valence-electron chi connectivity index (χ4n) is 3.74. The highest BCUT2D eigenvalue weighted by Gasteiger charge is 2.35. The number of para-hydroxylation sites is 1. The molecule has 2 fully saturated rings. The fourth-order valence-corrected chi connectivity index (χ4v) is 3.92. The van der Waals surface area contributed by atoms with Crippen LogP contribution in [0.25, 0.3) is 0 Å². The van der Waals surface area contributed by atoms with Crippen molar-refractivity contribution in [3.05, 3.63) is 29.3 Å². The molecule has 0 aliphatic carbocycles. The van der Waals surface area contributed by atoms with Gasteiger partial charge in [0.1, 0.15) is 6.04 Å². The van der Waals surface area contributed by atoms with Crippen LogP contribution in [0, 0.1) is 0 Å². The summed E-state index contributed by atoms with van der Waals surface area (Å²) in [6.07, 6.45) is -0.518. The van der Waals surface area contributed by atoms with Crippen molar-refractivity contribution in [3.8, 4) is 0 Å². The summed E-state index contributed by atoms with van der Waals surface area (Å²) in [6, 6.07) is 5.92. The number of rotatable bonds is 6. The lowest BCUT2D eigenvalue weighted by Gasteiger charge is -2.38. The second-order valence-electron chi connectivity index (χ2n) is 7.59. The molecule has 1 aromatic rings. The summed E-state index contributed by atoms with van der Waals surface area (Å²) in [7, 11) is 0. The summed E-state index contributed by atoms with van der Waals surface area (Å²) in [6.45, 7) is 4.86. The zero-order chi connectivity index (χ0) is 23.1. The number of ether oxygens (including phenoxy) is 1. The molecule has 0 radical (unpaired) electrons. The molecule has 1 aromatic carbocycles. The summed E-state index contributed by atoms with van der Waals surface area (Å²) < 4.78 is 5.01. The number of carbonyl (C=O) groups excluding carboxylic acids is 4. The molecule has 0 bridgehead atoms. The molecule has 4 amide bonds. The van der Waals surface area contributed by atoms with E-state index in [9.17, 15) is 19.2 Å². The Morgan fingerprint density at radius 2 is 1.88 bits per heavy atom. The first-order valence-electron chi connectivity index (χ1n) is 10.6. The number of amides is 4. The lowest BCUT2D eigenvalue weighted by atomic mass is 10.1. The first-order valence-corrected chi connectivity index (χ1v) is 11.0. The second-order valence-corrected chi connectivity index (χ2v) is 8.00. The van der Waals surface area contributed by atoms with E-state index in [4.69, 9.17) is 16.3 Å². The summed E-state index contributed by atoms with van der Waals surface area (Å²) in [5, 5.41) is 5.81. The maximum Gasteiger partial charge on any atom is 0.409 e. The third-order valence-electron chi connectivity index (χ3n) is 5.44. The van der Waals surface area contributed by atoms with Crippen molar-refractivity contribution in [2.75, 3.05) is 57.7 Å². The van der Waals surface area contributed by atoms with E-state index in [1.165, 1.54) is 4.90 Å². The lowest BCUT2D eigenvalue weighted by molar-refractivity contribution is -0.145. The van der Waals surface area contributed by atoms with E-state index < -0.39 is 11.9 Å². The van der Waals surface area contributed by atoms with Crippen LogP contribution < -0.4 is 10.6 Å². The van der Waals surface area contributed by atoms with Gasteiger partial charge in [0.05, 0.1) is 30.3 Å². The molecule has 2 saturated heterocycles. The van der Waals surface area contributed by atoms with Gasteiger partial charge in [-0.2, -0.15) is 0 Å². The summed E-state index contributed by atoms with van der Waals surface area (Å²) in [4.78, 5) is 54.8. The van der Waals surface area contributed by atoms with E-state index in [-0.39, 0.29) is 30.9 Å². The van der Waals surface area contributed by atoms with Crippen molar-refractivity contribution in [2.24, 2.45) is 0 Å². The van der Waals surface area contributed by atoms with Crippen LogP contribution in [0.15, 0.2) is 24.3 Å². The van der Waals surface area contributed by atoms with Crippen molar-refractivity contribution in [1.82, 2.24) is 20.0 Å². The van der Waals surface area contributed by atoms with Gasteiger partial charge in [0.25, 0.3) is 0 Å². The van der Waals surface area contributed by atoms with E-state index >= 15 is 0 Å². The first-order chi connectivity index (χ1) is 15.4. The van der Waals surface area contributed by atoms with E-state index in [1.54, 1.807) is 36.1 Å². The number of nitrogens with zero attached hydrogens (tertiary/aromatic N) is 3. The Labute approximate surface area is 191 Å². The highest BCUT2D eigenvalue weighted by molar-refractivity contribution is 6.33. The Kier molecular flexibility index (Phi) is 8.29. The van der Waals surface area contributed by atoms with Gasteiger partial charge in [-0.15, -0.1) is 0 Å². The Bertz CT molecular complexity index is 859. The third kappa shape index (κ3) is 6.10. The van der Waals surface area contributed by atoms with E-state index in [0.717, 1.165) is 0 Å². The minimum absolute atomic E-state index is 0.118. The SMILES string of the molecule is CCOC(=O)N1CCN(CC(=O)N2CCNC(=O)C2CC(=O)Nc2ccccc2Cl)CC1. The highest BCUT2D eigenvalue weighted by atomic mass is 35.5. The topological polar surface area (TPSA) is 111 Å². The molecular weight excluding hydrogens is 438 g/mol. The molecule has 3 rings (SSSR count). The largest absolute Gasteiger partial charge is 0.450 e. The zero-order valence-electron chi connectivity index (χ0n) is 18.0. The Morgan fingerprint density at radius 1 is 1.16 bits per heavy atom. The van der Waals surface area contributed by atoms with Crippen LogP contribution in [0.2, 0.25) is 5.02 Å². The highest BCUT2D eigenvalue weighted by Crippen LogP contribution is 2.21. The minimum atomic E-state index is -0.889. The van der Waals surface area contributed by atoms with Crippen molar-refractivity contribution in [1.29, 1.82) is 0 Å². The smallest absolute Gasteiger partial charge is 0.409 e. The molecule has 0 spiro atoms. The maximum absolute atomic E-state index is 13.0. The standard InChI is InChI=1S/C21H28ClN5O5/c1-2-32-21(31)26-11-9-25(10-12-26)14-19(29)27-8-7-23-20(30)17(27)13-18(28)24-16-6-4-3-5-15(16)22/h3-6,17H,2,7-14H2,1H3,(H,23,30)(H,24,28). The normalized spacial score (nSPS) is 19.3. The van der Waals surface area contributed by atoms with Gasteiger partial charge >= 0.3 is 6.09 Å². The number of carbonyl (C=O) groups is 4. The molecule has 0 saturated carbocycles. The molecule has 11 heteroatoms. The zero-order valence-corrected chi connectivity index (χ0v) is 18.8. The first kappa shape index (κ1) is 23.8. The van der Waals surface area contributed by atoms with Gasteiger partial charge in [0.2, 0.25) is 17.7 Å². The van der Waals surface area contributed by atoms with Crippen LogP contribution in [-0.4, -0.2) is 97.0 Å². The molecule has 2 aliphatic rings. The average molecular weight is 466 g/mol. The predicted octanol–water partition coefficient (Wildman–Crippen LogP) is 0.770. The summed E-state index contributed by atoms with van der Waals surface area (Å²) >= 11 is 6.08. The molecule has 0 aromatic heterocycles. The predicted molar refractivity (Wildman–Crippen MR) is 118 cm³/mol. The van der Waals surface area contributed by atoms with Crippen LogP contribution in [-0.2, 0) is 19.1 Å². The minimum Gasteiger partial charge on any atom is -0.450 e. The summed E-state index contributed by atoms with van der Waals surface area (Å²) in [5.74, 6) is -0.980. The maximum atomic E-state index is 13.0. The van der Waals surface area contributed by atoms with E-state index in [1.807, 2.05) is 4.90 Å². The van der Waals surface area contributed by atoms with Crippen LogP contribution in [0.1, 0.15) is 13.3 Å². The average Bonchev–Trinajstić information content (AvgIpc) is 2.77. The lowest BCUT2D eigenvalue weighted by Crippen LogP contribution is -2.60.